The quantitative estimate of drug-likeness (QED) is 0.674. The van der Waals surface area contributed by atoms with Crippen LogP contribution >= 0.6 is 0 Å². The second kappa shape index (κ2) is 8.33. The van der Waals surface area contributed by atoms with Crippen LogP contribution in [0.4, 0.5) is 5.69 Å². The van der Waals surface area contributed by atoms with Gasteiger partial charge in [-0.05, 0) is 60.5 Å². The van der Waals surface area contributed by atoms with Crippen LogP contribution < -0.4 is 4.90 Å². The van der Waals surface area contributed by atoms with Crippen LogP contribution in [-0.2, 0) is 0 Å². The van der Waals surface area contributed by atoms with Gasteiger partial charge in [0.25, 0.3) is 0 Å². The Morgan fingerprint density at radius 2 is 1.54 bits per heavy atom. The van der Waals surface area contributed by atoms with Gasteiger partial charge in [0.1, 0.15) is 0 Å². The van der Waals surface area contributed by atoms with Gasteiger partial charge in [-0.25, -0.2) is 0 Å². The zero-order valence-electron chi connectivity index (χ0n) is 17.8. The van der Waals surface area contributed by atoms with Crippen molar-refractivity contribution in [2.45, 2.75) is 66.2 Å². The lowest BCUT2D eigenvalue weighted by Gasteiger charge is -2.40. The standard InChI is InChI=1S/C24H40N2/c1-19(2)18-25-14-16-26(17-15-25)23-9-7-6-8-22(23)20-10-12-21(13-11-20)24(3,4)5/h6-9,19-21H,10-18H2,1-5H3. The third-order valence-corrected chi connectivity index (χ3v) is 6.66. The minimum Gasteiger partial charge on any atom is -0.369 e. The number of hydrogen-bond acceptors (Lipinski definition) is 2. The van der Waals surface area contributed by atoms with Gasteiger partial charge >= 0.3 is 0 Å². The van der Waals surface area contributed by atoms with Gasteiger partial charge in [0.05, 0.1) is 0 Å². The van der Waals surface area contributed by atoms with Crippen molar-refractivity contribution in [2.75, 3.05) is 37.6 Å². The first kappa shape index (κ1) is 19.7. The van der Waals surface area contributed by atoms with Crippen molar-refractivity contribution in [3.05, 3.63) is 29.8 Å². The zero-order valence-corrected chi connectivity index (χ0v) is 17.8. The Labute approximate surface area is 162 Å². The van der Waals surface area contributed by atoms with E-state index in [2.05, 4.69) is 68.7 Å². The van der Waals surface area contributed by atoms with Crippen molar-refractivity contribution in [1.29, 1.82) is 0 Å². The molecule has 0 amide bonds. The Morgan fingerprint density at radius 3 is 2.12 bits per heavy atom. The van der Waals surface area contributed by atoms with Crippen LogP contribution in [0.2, 0.25) is 0 Å². The second-order valence-corrected chi connectivity index (χ2v) is 10.2. The highest BCUT2D eigenvalue weighted by Gasteiger charge is 2.31. The number of nitrogens with zero attached hydrogens (tertiary/aromatic N) is 2. The van der Waals surface area contributed by atoms with Gasteiger partial charge < -0.3 is 4.90 Å². The molecule has 1 saturated heterocycles. The number of anilines is 1. The highest BCUT2D eigenvalue weighted by Crippen LogP contribution is 2.45. The average Bonchev–Trinajstić information content (AvgIpc) is 2.61. The Balaban J connectivity index is 1.65. The summed E-state index contributed by atoms with van der Waals surface area (Å²) in [6, 6.07) is 9.28. The molecule has 146 valence electrons. The molecule has 2 fully saturated rings. The molecule has 0 N–H and O–H groups in total. The highest BCUT2D eigenvalue weighted by atomic mass is 15.3. The lowest BCUT2D eigenvalue weighted by atomic mass is 9.68. The SMILES string of the molecule is CC(C)CN1CCN(c2ccccc2C2CCC(C(C)(C)C)CC2)CC1. The molecule has 1 aromatic carbocycles. The van der Waals surface area contributed by atoms with Gasteiger partial charge in [-0.3, -0.25) is 4.90 Å². The van der Waals surface area contributed by atoms with Crippen molar-refractivity contribution in [3.8, 4) is 0 Å². The molecule has 3 rings (SSSR count). The molecule has 1 aliphatic heterocycles. The number of hydrogen-bond donors (Lipinski definition) is 0. The molecule has 2 heteroatoms. The maximum absolute atomic E-state index is 2.65. The molecule has 0 bridgehead atoms. The number of para-hydroxylation sites is 1. The lowest BCUT2D eigenvalue weighted by molar-refractivity contribution is 0.169. The van der Waals surface area contributed by atoms with E-state index >= 15 is 0 Å². The van der Waals surface area contributed by atoms with Gasteiger partial charge in [-0.1, -0.05) is 52.8 Å². The normalized spacial score (nSPS) is 25.7. The van der Waals surface area contributed by atoms with Gasteiger partial charge in [0, 0.05) is 38.4 Å². The highest BCUT2D eigenvalue weighted by molar-refractivity contribution is 5.55. The smallest absolute Gasteiger partial charge is 0.0402 e. The van der Waals surface area contributed by atoms with Gasteiger partial charge in [0.15, 0.2) is 0 Å². The summed E-state index contributed by atoms with van der Waals surface area (Å²) >= 11 is 0. The fourth-order valence-corrected chi connectivity index (χ4v) is 5.08. The van der Waals surface area contributed by atoms with E-state index in [1.54, 1.807) is 5.56 Å². The molecule has 2 aliphatic rings. The van der Waals surface area contributed by atoms with E-state index in [1.807, 2.05) is 0 Å². The first-order valence-electron chi connectivity index (χ1n) is 10.9. The molecule has 0 radical (unpaired) electrons. The predicted molar refractivity (Wildman–Crippen MR) is 114 cm³/mol. The minimum absolute atomic E-state index is 0.469. The third-order valence-electron chi connectivity index (χ3n) is 6.66. The molecule has 26 heavy (non-hydrogen) atoms. The monoisotopic (exact) mass is 356 g/mol. The summed E-state index contributed by atoms with van der Waals surface area (Å²) in [7, 11) is 0. The second-order valence-electron chi connectivity index (χ2n) is 10.2. The minimum atomic E-state index is 0.469. The molecular weight excluding hydrogens is 316 g/mol. The molecule has 0 unspecified atom stereocenters. The van der Waals surface area contributed by atoms with Crippen LogP contribution in [0.15, 0.2) is 24.3 Å². The summed E-state index contributed by atoms with van der Waals surface area (Å²) in [5, 5.41) is 0. The topological polar surface area (TPSA) is 6.48 Å². The van der Waals surface area contributed by atoms with Crippen LogP contribution in [0.3, 0.4) is 0 Å². The van der Waals surface area contributed by atoms with Crippen molar-refractivity contribution in [1.82, 2.24) is 4.90 Å². The maximum atomic E-state index is 2.65. The molecule has 0 aromatic heterocycles. The number of benzene rings is 1. The van der Waals surface area contributed by atoms with Crippen LogP contribution in [0, 0.1) is 17.3 Å². The molecule has 0 atom stereocenters. The summed E-state index contributed by atoms with van der Waals surface area (Å²) < 4.78 is 0. The third kappa shape index (κ3) is 4.82. The van der Waals surface area contributed by atoms with E-state index in [-0.39, 0.29) is 0 Å². The molecule has 1 aromatic rings. The number of rotatable bonds is 4. The first-order chi connectivity index (χ1) is 12.3. The fourth-order valence-electron chi connectivity index (χ4n) is 5.08. The van der Waals surface area contributed by atoms with E-state index in [0.717, 1.165) is 17.8 Å². The summed E-state index contributed by atoms with van der Waals surface area (Å²) in [6.07, 6.45) is 5.52. The van der Waals surface area contributed by atoms with Crippen LogP contribution in [0.5, 0.6) is 0 Å². The summed E-state index contributed by atoms with van der Waals surface area (Å²) in [5.41, 5.74) is 3.62. The maximum Gasteiger partial charge on any atom is 0.0402 e. The summed E-state index contributed by atoms with van der Waals surface area (Å²) in [4.78, 5) is 5.29. The summed E-state index contributed by atoms with van der Waals surface area (Å²) in [5.74, 6) is 2.43. The molecular formula is C24H40N2. The summed E-state index contributed by atoms with van der Waals surface area (Å²) in [6.45, 7) is 17.9. The van der Waals surface area contributed by atoms with E-state index < -0.39 is 0 Å². The zero-order chi connectivity index (χ0) is 18.7. The molecule has 0 spiro atoms. The predicted octanol–water partition coefficient (Wildman–Crippen LogP) is 5.78. The molecule has 2 nitrogen and oxygen atoms in total. The Kier molecular flexibility index (Phi) is 6.33. The van der Waals surface area contributed by atoms with Crippen LogP contribution in [0.1, 0.15) is 71.8 Å². The Morgan fingerprint density at radius 1 is 0.923 bits per heavy atom. The van der Waals surface area contributed by atoms with Crippen molar-refractivity contribution in [2.24, 2.45) is 17.3 Å². The Hall–Kier alpha value is -1.02. The Bertz CT molecular complexity index is 556. The van der Waals surface area contributed by atoms with Crippen LogP contribution in [0.25, 0.3) is 0 Å². The van der Waals surface area contributed by atoms with E-state index in [4.69, 9.17) is 0 Å². The fraction of sp³-hybridized carbons (Fsp3) is 0.750. The first-order valence-corrected chi connectivity index (χ1v) is 10.9. The van der Waals surface area contributed by atoms with E-state index in [1.165, 1.54) is 64.1 Å². The van der Waals surface area contributed by atoms with Gasteiger partial charge in [-0.15, -0.1) is 0 Å². The molecule has 1 heterocycles. The molecule has 1 saturated carbocycles. The average molecular weight is 357 g/mol. The molecule has 1 aliphatic carbocycles. The van der Waals surface area contributed by atoms with E-state index in [0.29, 0.717) is 5.41 Å². The van der Waals surface area contributed by atoms with Crippen molar-refractivity contribution >= 4 is 5.69 Å². The van der Waals surface area contributed by atoms with E-state index in [9.17, 15) is 0 Å². The van der Waals surface area contributed by atoms with Crippen molar-refractivity contribution in [3.63, 3.8) is 0 Å². The lowest BCUT2D eigenvalue weighted by Crippen LogP contribution is -2.47. The van der Waals surface area contributed by atoms with Gasteiger partial charge in [0.2, 0.25) is 0 Å². The van der Waals surface area contributed by atoms with Crippen molar-refractivity contribution < 1.29 is 0 Å². The van der Waals surface area contributed by atoms with Crippen LogP contribution in [-0.4, -0.2) is 37.6 Å². The van der Waals surface area contributed by atoms with Gasteiger partial charge in [-0.2, -0.15) is 0 Å². The largest absolute Gasteiger partial charge is 0.369 e. The number of piperazine rings is 1.